The molecule has 0 radical (unpaired) electrons. The molecule has 0 aromatic rings. The molecule has 0 aliphatic heterocycles. The second-order valence-electron chi connectivity index (χ2n) is 2.18. The molecule has 0 bridgehead atoms. The molecule has 0 heterocycles. The van der Waals surface area contributed by atoms with Gasteiger partial charge >= 0.3 is 0 Å². The van der Waals surface area contributed by atoms with Crippen LogP contribution < -0.4 is 0 Å². The summed E-state index contributed by atoms with van der Waals surface area (Å²) in [5, 5.41) is 9.13. The van der Waals surface area contributed by atoms with Crippen LogP contribution in [0.2, 0.25) is 0 Å². The van der Waals surface area contributed by atoms with Crippen molar-refractivity contribution >= 4 is 5.78 Å². The van der Waals surface area contributed by atoms with E-state index in [0.717, 1.165) is 0 Å². The van der Waals surface area contributed by atoms with Gasteiger partial charge < -0.3 is 5.11 Å². The van der Waals surface area contributed by atoms with Crippen molar-refractivity contribution in [3.63, 3.8) is 0 Å². The summed E-state index contributed by atoms with van der Waals surface area (Å²) in [4.78, 5) is 10.7. The van der Waals surface area contributed by atoms with E-state index in [2.05, 4.69) is 17.8 Å². The van der Waals surface area contributed by atoms with Crippen LogP contribution >= 0.6 is 0 Å². The van der Waals surface area contributed by atoms with Gasteiger partial charge in [0.15, 0.2) is 5.78 Å². The molecule has 0 aromatic heterocycles. The maximum absolute atomic E-state index is 10.7. The molecule has 2 nitrogen and oxygen atoms in total. The highest BCUT2D eigenvalue weighted by atomic mass is 16.3. The summed E-state index contributed by atoms with van der Waals surface area (Å²) in [5.74, 6) is 6.86. The highest BCUT2D eigenvalue weighted by Crippen LogP contribution is 2.14. The van der Waals surface area contributed by atoms with Gasteiger partial charge in [-0.15, -0.1) is 6.42 Å². The van der Waals surface area contributed by atoms with Crippen molar-refractivity contribution in [1.82, 2.24) is 0 Å². The molecular formula is C9H6O2. The van der Waals surface area contributed by atoms with Crippen molar-refractivity contribution in [3.8, 4) is 24.2 Å². The van der Waals surface area contributed by atoms with Gasteiger partial charge in [0.05, 0.1) is 6.10 Å². The molecule has 1 rings (SSSR count). The number of terminal acetylenes is 1. The quantitative estimate of drug-likeness (QED) is 0.484. The van der Waals surface area contributed by atoms with Crippen molar-refractivity contribution in [1.29, 1.82) is 0 Å². The number of allylic oxidation sites excluding steroid dienone is 1. The lowest BCUT2D eigenvalue weighted by atomic mass is 10.2. The molecule has 0 spiro atoms. The van der Waals surface area contributed by atoms with E-state index in [0.29, 0.717) is 5.57 Å². The van der Waals surface area contributed by atoms with E-state index in [4.69, 9.17) is 11.5 Å². The van der Waals surface area contributed by atoms with Gasteiger partial charge in [0.25, 0.3) is 0 Å². The summed E-state index contributed by atoms with van der Waals surface area (Å²) in [5.41, 5.74) is 0.424. The largest absolute Gasteiger partial charge is 0.387 e. The molecule has 0 fully saturated rings. The van der Waals surface area contributed by atoms with Gasteiger partial charge in [0.1, 0.15) is 0 Å². The Labute approximate surface area is 64.9 Å². The zero-order chi connectivity index (χ0) is 8.27. The Morgan fingerprint density at radius 1 is 1.73 bits per heavy atom. The third kappa shape index (κ3) is 1.70. The fourth-order valence-electron chi connectivity index (χ4n) is 0.857. The van der Waals surface area contributed by atoms with Crippen molar-refractivity contribution in [3.05, 3.63) is 11.6 Å². The Morgan fingerprint density at radius 3 is 2.91 bits per heavy atom. The van der Waals surface area contributed by atoms with Crippen LogP contribution in [0.15, 0.2) is 11.6 Å². The molecule has 0 saturated heterocycles. The van der Waals surface area contributed by atoms with E-state index < -0.39 is 6.10 Å². The van der Waals surface area contributed by atoms with E-state index in [1.165, 1.54) is 6.08 Å². The van der Waals surface area contributed by atoms with Crippen LogP contribution in [-0.4, -0.2) is 17.0 Å². The zero-order valence-electron chi connectivity index (χ0n) is 5.79. The molecule has 2 heteroatoms. The van der Waals surface area contributed by atoms with Gasteiger partial charge in [-0.3, -0.25) is 4.79 Å². The number of hydrogen-bond acceptors (Lipinski definition) is 2. The minimum Gasteiger partial charge on any atom is -0.387 e. The van der Waals surface area contributed by atoms with Crippen molar-refractivity contribution < 1.29 is 9.90 Å². The minimum absolute atomic E-state index is 0.0983. The Bertz CT molecular complexity index is 307. The Kier molecular flexibility index (Phi) is 2.11. The fraction of sp³-hybridized carbons (Fsp3) is 0.222. The SMILES string of the molecule is C#CC#CC1=CC(=O)CC1O. The molecule has 1 unspecified atom stereocenters. The molecule has 1 aliphatic carbocycles. The molecule has 1 atom stereocenters. The first-order chi connectivity index (χ1) is 5.24. The molecule has 0 aromatic carbocycles. The summed E-state index contributed by atoms with van der Waals surface area (Å²) in [6, 6.07) is 0. The van der Waals surface area contributed by atoms with Crippen LogP contribution in [-0.2, 0) is 4.79 Å². The number of carbonyl (C=O) groups excluding carboxylic acids is 1. The predicted octanol–water partition coefficient (Wildman–Crippen LogP) is -0.117. The first-order valence-corrected chi connectivity index (χ1v) is 3.13. The van der Waals surface area contributed by atoms with Crippen molar-refractivity contribution in [2.24, 2.45) is 0 Å². The molecule has 11 heavy (non-hydrogen) atoms. The van der Waals surface area contributed by atoms with Crippen LogP contribution in [0.5, 0.6) is 0 Å². The summed E-state index contributed by atoms with van der Waals surface area (Å²) < 4.78 is 0. The van der Waals surface area contributed by atoms with Crippen LogP contribution in [0, 0.1) is 24.2 Å². The number of aliphatic hydroxyl groups excluding tert-OH is 1. The maximum atomic E-state index is 10.7. The smallest absolute Gasteiger partial charge is 0.159 e. The standard InChI is InChI=1S/C9H6O2/c1-2-3-4-7-5-8(10)6-9(7)11/h1,5,9,11H,6H2. The van der Waals surface area contributed by atoms with E-state index in [1.54, 1.807) is 0 Å². The lowest BCUT2D eigenvalue weighted by Crippen LogP contribution is -2.04. The van der Waals surface area contributed by atoms with E-state index in [-0.39, 0.29) is 12.2 Å². The second kappa shape index (κ2) is 3.05. The average Bonchev–Trinajstić information content (AvgIpc) is 2.26. The summed E-state index contributed by atoms with van der Waals surface area (Å²) in [6.07, 6.45) is 5.58. The maximum Gasteiger partial charge on any atom is 0.159 e. The molecular weight excluding hydrogens is 140 g/mol. The van der Waals surface area contributed by atoms with Crippen LogP contribution in [0.25, 0.3) is 0 Å². The van der Waals surface area contributed by atoms with Crippen LogP contribution in [0.4, 0.5) is 0 Å². The monoisotopic (exact) mass is 146 g/mol. The summed E-state index contributed by atoms with van der Waals surface area (Å²) >= 11 is 0. The van der Waals surface area contributed by atoms with E-state index in [1.807, 2.05) is 0 Å². The summed E-state index contributed by atoms with van der Waals surface area (Å²) in [7, 11) is 0. The topological polar surface area (TPSA) is 37.3 Å². The third-order valence-electron chi connectivity index (χ3n) is 1.35. The first kappa shape index (κ1) is 7.60. The highest BCUT2D eigenvalue weighted by Gasteiger charge is 2.20. The van der Waals surface area contributed by atoms with Crippen LogP contribution in [0.1, 0.15) is 6.42 Å². The van der Waals surface area contributed by atoms with Crippen molar-refractivity contribution in [2.45, 2.75) is 12.5 Å². The lowest BCUT2D eigenvalue weighted by molar-refractivity contribution is -0.114. The van der Waals surface area contributed by atoms with Gasteiger partial charge in [-0.05, 0) is 17.9 Å². The number of aliphatic hydroxyl groups is 1. The number of carbonyl (C=O) groups is 1. The Morgan fingerprint density at radius 2 is 2.45 bits per heavy atom. The fourth-order valence-corrected chi connectivity index (χ4v) is 0.857. The lowest BCUT2D eigenvalue weighted by Gasteiger charge is -1.96. The van der Waals surface area contributed by atoms with Gasteiger partial charge in [-0.1, -0.05) is 5.92 Å². The number of ketones is 1. The zero-order valence-corrected chi connectivity index (χ0v) is 5.79. The Hall–Kier alpha value is -1.51. The Balaban J connectivity index is 2.82. The molecule has 1 aliphatic rings. The van der Waals surface area contributed by atoms with Crippen molar-refractivity contribution in [2.75, 3.05) is 0 Å². The molecule has 54 valence electrons. The van der Waals surface area contributed by atoms with E-state index in [9.17, 15) is 4.79 Å². The third-order valence-corrected chi connectivity index (χ3v) is 1.35. The molecule has 0 amide bonds. The summed E-state index contributed by atoms with van der Waals surface area (Å²) in [6.45, 7) is 0. The van der Waals surface area contributed by atoms with Gasteiger partial charge in [-0.2, -0.15) is 0 Å². The number of rotatable bonds is 0. The predicted molar refractivity (Wildman–Crippen MR) is 40.3 cm³/mol. The first-order valence-electron chi connectivity index (χ1n) is 3.13. The molecule has 0 saturated carbocycles. The average molecular weight is 146 g/mol. The van der Waals surface area contributed by atoms with Gasteiger partial charge in [0, 0.05) is 12.0 Å². The highest BCUT2D eigenvalue weighted by molar-refractivity contribution is 5.95. The van der Waals surface area contributed by atoms with Gasteiger partial charge in [0.2, 0.25) is 0 Å². The second-order valence-corrected chi connectivity index (χ2v) is 2.18. The van der Waals surface area contributed by atoms with E-state index >= 15 is 0 Å². The molecule has 1 N–H and O–H groups in total. The minimum atomic E-state index is -0.747. The van der Waals surface area contributed by atoms with Gasteiger partial charge in [-0.25, -0.2) is 0 Å². The number of hydrogen-bond donors (Lipinski definition) is 1. The normalized spacial score (nSPS) is 21.6. The van der Waals surface area contributed by atoms with Crippen LogP contribution in [0.3, 0.4) is 0 Å².